The molecule has 15 heavy (non-hydrogen) atoms. The van der Waals surface area contributed by atoms with Gasteiger partial charge in [0.15, 0.2) is 0 Å². The second kappa shape index (κ2) is 3.69. The molecule has 1 fully saturated rings. The number of nitrogens with one attached hydrogen (secondary N) is 1. The van der Waals surface area contributed by atoms with E-state index in [1.54, 1.807) is 0 Å². The van der Waals surface area contributed by atoms with E-state index in [0.29, 0.717) is 12.0 Å². The molecule has 0 radical (unpaired) electrons. The lowest BCUT2D eigenvalue weighted by Gasteiger charge is -2.37. The summed E-state index contributed by atoms with van der Waals surface area (Å²) in [6.45, 7) is 1.94. The molecule has 3 rings (SSSR count). The molecule has 1 N–H and O–H groups in total. The van der Waals surface area contributed by atoms with Crippen LogP contribution in [-0.2, 0) is 0 Å². The lowest BCUT2D eigenvalue weighted by atomic mass is 9.85. The number of fused-ring (bicyclic) bond motifs is 3. The van der Waals surface area contributed by atoms with Crippen LogP contribution in [0.2, 0.25) is 5.02 Å². The van der Waals surface area contributed by atoms with Crippen LogP contribution in [0.4, 0.5) is 0 Å². The van der Waals surface area contributed by atoms with Crippen LogP contribution < -0.4 is 10.1 Å². The van der Waals surface area contributed by atoms with Gasteiger partial charge in [-0.3, -0.25) is 0 Å². The van der Waals surface area contributed by atoms with Crippen molar-refractivity contribution in [2.75, 3.05) is 13.2 Å². The molecule has 1 saturated heterocycles. The quantitative estimate of drug-likeness (QED) is 0.730. The molecule has 2 atom stereocenters. The largest absolute Gasteiger partial charge is 0.493 e. The van der Waals surface area contributed by atoms with E-state index in [1.165, 1.54) is 18.4 Å². The number of hydrogen-bond donors (Lipinski definition) is 1. The van der Waals surface area contributed by atoms with Crippen molar-refractivity contribution in [1.82, 2.24) is 5.32 Å². The Labute approximate surface area is 94.6 Å². The van der Waals surface area contributed by atoms with Gasteiger partial charge in [-0.1, -0.05) is 11.6 Å². The third-order valence-electron chi connectivity index (χ3n) is 3.35. The molecule has 2 nitrogen and oxygen atoms in total. The Morgan fingerprint density at radius 2 is 2.33 bits per heavy atom. The lowest BCUT2D eigenvalue weighted by Crippen LogP contribution is -2.39. The van der Waals surface area contributed by atoms with E-state index in [4.69, 9.17) is 16.3 Å². The topological polar surface area (TPSA) is 21.3 Å². The van der Waals surface area contributed by atoms with Crippen molar-refractivity contribution >= 4 is 11.6 Å². The Kier molecular flexibility index (Phi) is 2.33. The van der Waals surface area contributed by atoms with Crippen molar-refractivity contribution in [3.8, 4) is 5.75 Å². The first-order chi connectivity index (χ1) is 7.34. The van der Waals surface area contributed by atoms with Gasteiger partial charge in [-0.05, 0) is 37.6 Å². The molecule has 1 aromatic carbocycles. The monoisotopic (exact) mass is 223 g/mol. The zero-order valence-corrected chi connectivity index (χ0v) is 9.26. The average Bonchev–Trinajstić information content (AvgIpc) is 2.29. The molecule has 0 bridgehead atoms. The first-order valence-electron chi connectivity index (χ1n) is 5.50. The fourth-order valence-corrected chi connectivity index (χ4v) is 2.77. The Morgan fingerprint density at radius 1 is 1.40 bits per heavy atom. The molecule has 3 heteroatoms. The fourth-order valence-electron chi connectivity index (χ4n) is 2.59. The Morgan fingerprint density at radius 3 is 3.27 bits per heavy atom. The number of benzene rings is 1. The maximum absolute atomic E-state index is 6.02. The second-order valence-electron chi connectivity index (χ2n) is 4.33. The fraction of sp³-hybridized carbons (Fsp3) is 0.500. The molecule has 1 aromatic rings. The van der Waals surface area contributed by atoms with Crippen molar-refractivity contribution in [1.29, 1.82) is 0 Å². The standard InChI is InChI=1S/C12H14ClNO/c13-9-3-4-11-10(6-9)12-8(7-15-11)2-1-5-14-12/h3-4,6,8,12,14H,1-2,5,7H2. The summed E-state index contributed by atoms with van der Waals surface area (Å²) in [7, 11) is 0. The summed E-state index contributed by atoms with van der Waals surface area (Å²) in [5, 5.41) is 4.36. The van der Waals surface area contributed by atoms with Crippen LogP contribution in [0.15, 0.2) is 18.2 Å². The highest BCUT2D eigenvalue weighted by Crippen LogP contribution is 2.40. The summed E-state index contributed by atoms with van der Waals surface area (Å²) >= 11 is 6.02. The summed E-state index contributed by atoms with van der Waals surface area (Å²) in [6, 6.07) is 6.35. The Balaban J connectivity index is 2.01. The summed E-state index contributed by atoms with van der Waals surface area (Å²) in [5.41, 5.74) is 1.23. The zero-order chi connectivity index (χ0) is 10.3. The van der Waals surface area contributed by atoms with Gasteiger partial charge in [0, 0.05) is 22.5 Å². The lowest BCUT2D eigenvalue weighted by molar-refractivity contribution is 0.147. The van der Waals surface area contributed by atoms with E-state index in [9.17, 15) is 0 Å². The summed E-state index contributed by atoms with van der Waals surface area (Å²) < 4.78 is 5.75. The van der Waals surface area contributed by atoms with E-state index >= 15 is 0 Å². The zero-order valence-electron chi connectivity index (χ0n) is 8.50. The minimum absolute atomic E-state index is 0.446. The molecule has 2 unspecified atom stereocenters. The molecular weight excluding hydrogens is 210 g/mol. The SMILES string of the molecule is Clc1ccc2c(c1)C1NCCCC1CO2. The van der Waals surface area contributed by atoms with Crippen LogP contribution in [0.1, 0.15) is 24.4 Å². The number of rotatable bonds is 0. The van der Waals surface area contributed by atoms with Crippen LogP contribution in [-0.4, -0.2) is 13.2 Å². The van der Waals surface area contributed by atoms with Gasteiger partial charge in [0.2, 0.25) is 0 Å². The van der Waals surface area contributed by atoms with Gasteiger partial charge in [0.05, 0.1) is 6.61 Å². The Bertz CT molecular complexity index is 380. The highest BCUT2D eigenvalue weighted by Gasteiger charge is 2.32. The maximum atomic E-state index is 6.02. The highest BCUT2D eigenvalue weighted by molar-refractivity contribution is 6.30. The van der Waals surface area contributed by atoms with Crippen molar-refractivity contribution < 1.29 is 4.74 Å². The smallest absolute Gasteiger partial charge is 0.124 e. The number of piperidine rings is 1. The number of ether oxygens (including phenoxy) is 1. The molecule has 0 aliphatic carbocycles. The van der Waals surface area contributed by atoms with Crippen LogP contribution in [0.3, 0.4) is 0 Å². The van der Waals surface area contributed by atoms with Gasteiger partial charge >= 0.3 is 0 Å². The van der Waals surface area contributed by atoms with Crippen LogP contribution in [0.5, 0.6) is 5.75 Å². The molecule has 0 amide bonds. The van der Waals surface area contributed by atoms with Crippen molar-refractivity contribution in [3.05, 3.63) is 28.8 Å². The van der Waals surface area contributed by atoms with Crippen molar-refractivity contribution in [3.63, 3.8) is 0 Å². The first-order valence-corrected chi connectivity index (χ1v) is 5.88. The van der Waals surface area contributed by atoms with Gasteiger partial charge in [-0.25, -0.2) is 0 Å². The number of halogens is 1. The van der Waals surface area contributed by atoms with Crippen LogP contribution in [0.25, 0.3) is 0 Å². The van der Waals surface area contributed by atoms with Gasteiger partial charge in [0.25, 0.3) is 0 Å². The molecule has 2 aliphatic rings. The number of hydrogen-bond acceptors (Lipinski definition) is 2. The molecule has 0 spiro atoms. The predicted octanol–water partition coefficient (Wildman–Crippen LogP) is 2.77. The van der Waals surface area contributed by atoms with Gasteiger partial charge in [0.1, 0.15) is 5.75 Å². The van der Waals surface area contributed by atoms with E-state index < -0.39 is 0 Å². The predicted molar refractivity (Wildman–Crippen MR) is 60.4 cm³/mol. The van der Waals surface area contributed by atoms with E-state index in [2.05, 4.69) is 5.32 Å². The maximum Gasteiger partial charge on any atom is 0.124 e. The van der Waals surface area contributed by atoms with E-state index in [0.717, 1.165) is 23.9 Å². The van der Waals surface area contributed by atoms with Crippen molar-refractivity contribution in [2.45, 2.75) is 18.9 Å². The molecule has 0 saturated carbocycles. The van der Waals surface area contributed by atoms with Gasteiger partial charge in [-0.15, -0.1) is 0 Å². The van der Waals surface area contributed by atoms with Gasteiger partial charge < -0.3 is 10.1 Å². The minimum Gasteiger partial charge on any atom is -0.493 e. The normalized spacial score (nSPS) is 28.9. The molecule has 80 valence electrons. The molecule has 2 heterocycles. The van der Waals surface area contributed by atoms with Gasteiger partial charge in [-0.2, -0.15) is 0 Å². The third-order valence-corrected chi connectivity index (χ3v) is 3.58. The minimum atomic E-state index is 0.446. The first kappa shape index (κ1) is 9.49. The molecular formula is C12H14ClNO. The van der Waals surface area contributed by atoms with Crippen molar-refractivity contribution in [2.24, 2.45) is 5.92 Å². The summed E-state index contributed by atoms with van der Waals surface area (Å²) in [4.78, 5) is 0. The summed E-state index contributed by atoms with van der Waals surface area (Å²) in [6.07, 6.45) is 2.50. The van der Waals surface area contributed by atoms with Crippen LogP contribution >= 0.6 is 11.6 Å². The van der Waals surface area contributed by atoms with E-state index in [-0.39, 0.29) is 0 Å². The highest BCUT2D eigenvalue weighted by atomic mass is 35.5. The third kappa shape index (κ3) is 1.62. The van der Waals surface area contributed by atoms with E-state index in [1.807, 2.05) is 18.2 Å². The molecule has 2 aliphatic heterocycles. The second-order valence-corrected chi connectivity index (χ2v) is 4.76. The Hall–Kier alpha value is -0.730. The van der Waals surface area contributed by atoms with Crippen LogP contribution in [0, 0.1) is 5.92 Å². The molecule has 0 aromatic heterocycles. The average molecular weight is 224 g/mol. The summed E-state index contributed by atoms with van der Waals surface area (Å²) in [5.74, 6) is 1.61.